The Hall–Kier alpha value is 0.260. The summed E-state index contributed by atoms with van der Waals surface area (Å²) in [5, 5.41) is 3.30. The Balaban J connectivity index is 3.84. The van der Waals surface area contributed by atoms with E-state index < -0.39 is 9.84 Å². The van der Waals surface area contributed by atoms with Crippen molar-refractivity contribution < 1.29 is 8.42 Å². The van der Waals surface area contributed by atoms with Crippen LogP contribution in [0.25, 0.3) is 0 Å². The monoisotopic (exact) mass is 239 g/mol. The van der Waals surface area contributed by atoms with Gasteiger partial charge in [0.1, 0.15) is 9.84 Å². The summed E-state index contributed by atoms with van der Waals surface area (Å²) in [7, 11) is -2.81. The molecule has 0 aliphatic rings. The van der Waals surface area contributed by atoms with Crippen LogP contribution in [0.15, 0.2) is 0 Å². The van der Waals surface area contributed by atoms with Crippen molar-refractivity contribution in [3.63, 3.8) is 0 Å². The van der Waals surface area contributed by atoms with E-state index in [1.165, 1.54) is 6.26 Å². The van der Waals surface area contributed by atoms with Gasteiger partial charge in [-0.15, -0.1) is 0 Å². The van der Waals surface area contributed by atoms with Crippen molar-refractivity contribution in [1.29, 1.82) is 0 Å². The lowest BCUT2D eigenvalue weighted by molar-refractivity contribution is 0.548. The molecule has 0 rings (SSSR count). The smallest absolute Gasteiger partial charge is 0.147 e. The second-order valence-corrected chi connectivity index (χ2v) is 6.91. The average molecular weight is 239 g/mol. The molecule has 0 amide bonds. The van der Waals surface area contributed by atoms with E-state index in [0.717, 1.165) is 24.5 Å². The average Bonchev–Trinajstić information content (AvgIpc) is 2.08. The third-order valence-electron chi connectivity index (χ3n) is 1.85. The van der Waals surface area contributed by atoms with Crippen LogP contribution < -0.4 is 5.32 Å². The Kier molecular flexibility index (Phi) is 7.68. The molecule has 0 aromatic rings. The molecule has 0 bridgehead atoms. The molecule has 0 spiro atoms. The number of sulfone groups is 1. The van der Waals surface area contributed by atoms with E-state index in [1.807, 2.05) is 18.7 Å². The van der Waals surface area contributed by atoms with Crippen LogP contribution in [0.1, 0.15) is 20.3 Å². The first kappa shape index (κ1) is 14.3. The van der Waals surface area contributed by atoms with Crippen LogP contribution in [0.5, 0.6) is 0 Å². The zero-order chi connectivity index (χ0) is 11.0. The summed E-state index contributed by atoms with van der Waals surface area (Å²) in [5.74, 6) is 2.37. The van der Waals surface area contributed by atoms with Crippen molar-refractivity contribution in [1.82, 2.24) is 5.32 Å². The van der Waals surface area contributed by atoms with E-state index in [2.05, 4.69) is 12.2 Å². The number of thioether (sulfide) groups is 1. The van der Waals surface area contributed by atoms with E-state index in [4.69, 9.17) is 0 Å². The largest absolute Gasteiger partial charge is 0.313 e. The van der Waals surface area contributed by atoms with Gasteiger partial charge in [-0.1, -0.05) is 13.8 Å². The predicted molar refractivity (Wildman–Crippen MR) is 64.8 cm³/mol. The quantitative estimate of drug-likeness (QED) is 0.690. The molecule has 14 heavy (non-hydrogen) atoms. The van der Waals surface area contributed by atoms with Crippen LogP contribution in [0, 0.1) is 0 Å². The van der Waals surface area contributed by atoms with E-state index >= 15 is 0 Å². The van der Waals surface area contributed by atoms with Crippen molar-refractivity contribution in [2.24, 2.45) is 0 Å². The molecule has 0 aliphatic heterocycles. The maximum atomic E-state index is 11.0. The first-order valence-corrected chi connectivity index (χ1v) is 8.20. The van der Waals surface area contributed by atoms with Crippen LogP contribution in [0.4, 0.5) is 0 Å². The van der Waals surface area contributed by atoms with Crippen molar-refractivity contribution in [2.45, 2.75) is 26.3 Å². The van der Waals surface area contributed by atoms with Crippen LogP contribution in [0.3, 0.4) is 0 Å². The normalized spacial score (nSPS) is 14.2. The van der Waals surface area contributed by atoms with Crippen molar-refractivity contribution in [3.05, 3.63) is 0 Å². The van der Waals surface area contributed by atoms with Crippen molar-refractivity contribution >= 4 is 21.6 Å². The second-order valence-electron chi connectivity index (χ2n) is 3.33. The molecule has 1 atom stereocenters. The lowest BCUT2D eigenvalue weighted by Crippen LogP contribution is -2.33. The first-order chi connectivity index (χ1) is 6.49. The van der Waals surface area contributed by atoms with Gasteiger partial charge in [0.25, 0.3) is 0 Å². The highest BCUT2D eigenvalue weighted by atomic mass is 32.2. The molecule has 0 saturated heterocycles. The number of hydrogen-bond acceptors (Lipinski definition) is 4. The molecule has 86 valence electrons. The summed E-state index contributed by atoms with van der Waals surface area (Å²) in [5.41, 5.74) is 0. The molecular formula is C9H21NO2S2. The number of hydrogen-bond donors (Lipinski definition) is 1. The summed E-state index contributed by atoms with van der Waals surface area (Å²) >= 11 is 1.85. The molecule has 0 heterocycles. The Morgan fingerprint density at radius 3 is 2.43 bits per heavy atom. The van der Waals surface area contributed by atoms with Crippen LogP contribution >= 0.6 is 11.8 Å². The molecule has 0 aliphatic carbocycles. The lowest BCUT2D eigenvalue weighted by Gasteiger charge is -2.16. The maximum absolute atomic E-state index is 11.0. The molecule has 3 nitrogen and oxygen atoms in total. The van der Waals surface area contributed by atoms with Crippen LogP contribution in [-0.4, -0.2) is 44.5 Å². The van der Waals surface area contributed by atoms with Gasteiger partial charge in [-0.25, -0.2) is 8.42 Å². The van der Waals surface area contributed by atoms with E-state index in [9.17, 15) is 8.42 Å². The zero-order valence-corrected chi connectivity index (χ0v) is 10.9. The van der Waals surface area contributed by atoms with Gasteiger partial charge < -0.3 is 5.32 Å². The molecule has 0 radical (unpaired) electrons. The fourth-order valence-corrected chi connectivity index (χ4v) is 2.67. The molecule has 0 fully saturated rings. The number of rotatable bonds is 8. The van der Waals surface area contributed by atoms with E-state index in [0.29, 0.717) is 6.04 Å². The molecule has 0 saturated carbocycles. The lowest BCUT2D eigenvalue weighted by atomic mass is 10.2. The Morgan fingerprint density at radius 2 is 2.00 bits per heavy atom. The standard InChI is InChI=1S/C9H21NO2S2/c1-4-10-9(8-13-5-2)6-7-14(3,11)12/h9-10H,4-8H2,1-3H3. The summed E-state index contributed by atoms with van der Waals surface area (Å²) in [6, 6.07) is 0.333. The summed E-state index contributed by atoms with van der Waals surface area (Å²) in [6.07, 6.45) is 2.02. The van der Waals surface area contributed by atoms with Crippen LogP contribution in [0.2, 0.25) is 0 Å². The molecular weight excluding hydrogens is 218 g/mol. The summed E-state index contributed by atoms with van der Waals surface area (Å²) in [4.78, 5) is 0. The minimum Gasteiger partial charge on any atom is -0.313 e. The second kappa shape index (κ2) is 7.54. The topological polar surface area (TPSA) is 46.2 Å². The highest BCUT2D eigenvalue weighted by Gasteiger charge is 2.10. The minimum atomic E-state index is -2.81. The third-order valence-corrected chi connectivity index (χ3v) is 3.88. The van der Waals surface area contributed by atoms with Gasteiger partial charge in [0.2, 0.25) is 0 Å². The summed E-state index contributed by atoms with van der Waals surface area (Å²) < 4.78 is 22.0. The van der Waals surface area contributed by atoms with Gasteiger partial charge in [-0.2, -0.15) is 11.8 Å². The van der Waals surface area contributed by atoms with Crippen molar-refractivity contribution in [2.75, 3.05) is 30.1 Å². The number of nitrogens with one attached hydrogen (secondary N) is 1. The van der Waals surface area contributed by atoms with Gasteiger partial charge in [-0.05, 0) is 18.7 Å². The maximum Gasteiger partial charge on any atom is 0.147 e. The Bertz CT molecular complexity index is 227. The van der Waals surface area contributed by atoms with E-state index in [-0.39, 0.29) is 5.75 Å². The van der Waals surface area contributed by atoms with Gasteiger partial charge >= 0.3 is 0 Å². The molecule has 0 aromatic carbocycles. The fraction of sp³-hybridized carbons (Fsp3) is 1.00. The van der Waals surface area contributed by atoms with Gasteiger partial charge in [0, 0.05) is 18.1 Å². The van der Waals surface area contributed by atoms with Crippen molar-refractivity contribution in [3.8, 4) is 0 Å². The SMILES string of the molecule is CCNC(CCS(C)(=O)=O)CSCC. The molecule has 1 unspecified atom stereocenters. The summed E-state index contributed by atoms with van der Waals surface area (Å²) in [6.45, 7) is 5.06. The minimum absolute atomic E-state index is 0.287. The first-order valence-electron chi connectivity index (χ1n) is 4.98. The highest BCUT2D eigenvalue weighted by molar-refractivity contribution is 7.99. The molecule has 5 heteroatoms. The van der Waals surface area contributed by atoms with Gasteiger partial charge in [0.15, 0.2) is 0 Å². The zero-order valence-electron chi connectivity index (χ0n) is 9.25. The third kappa shape index (κ3) is 8.84. The molecule has 0 aromatic heterocycles. The molecule has 1 N–H and O–H groups in total. The Morgan fingerprint density at radius 1 is 1.36 bits per heavy atom. The predicted octanol–water partition coefficient (Wildman–Crippen LogP) is 1.15. The van der Waals surface area contributed by atoms with E-state index in [1.54, 1.807) is 0 Å². The van der Waals surface area contributed by atoms with Gasteiger partial charge in [-0.3, -0.25) is 0 Å². The Labute approximate surface area is 92.0 Å². The fourth-order valence-electron chi connectivity index (χ4n) is 1.15. The van der Waals surface area contributed by atoms with Crippen LogP contribution in [-0.2, 0) is 9.84 Å². The highest BCUT2D eigenvalue weighted by Crippen LogP contribution is 2.06. The van der Waals surface area contributed by atoms with Gasteiger partial charge in [0.05, 0.1) is 5.75 Å².